The van der Waals surface area contributed by atoms with Gasteiger partial charge in [-0.3, -0.25) is 4.90 Å². The van der Waals surface area contributed by atoms with Crippen molar-refractivity contribution in [2.45, 2.75) is 60.1 Å². The van der Waals surface area contributed by atoms with Gasteiger partial charge in [0, 0.05) is 12.7 Å². The van der Waals surface area contributed by atoms with Crippen molar-refractivity contribution in [1.29, 1.82) is 0 Å². The van der Waals surface area contributed by atoms with Gasteiger partial charge in [0.05, 0.1) is 0 Å². The van der Waals surface area contributed by atoms with E-state index in [9.17, 15) is 14.4 Å². The normalized spacial score (nSPS) is 12.6. The van der Waals surface area contributed by atoms with Gasteiger partial charge in [0.2, 0.25) is 6.79 Å². The Morgan fingerprint density at radius 1 is 1.00 bits per heavy atom. The monoisotopic (exact) mass is 408 g/mol. The number of hydrogen-bond acceptors (Lipinski definition) is 6. The molecule has 0 radical (unpaired) electrons. The number of nitrogens with one attached hydrogen (secondary N) is 1. The lowest BCUT2D eigenvalue weighted by atomic mass is 9.87. The number of ether oxygens (including phenoxy) is 3. The van der Waals surface area contributed by atoms with Crippen molar-refractivity contribution in [2.75, 3.05) is 18.7 Å². The van der Waals surface area contributed by atoms with Gasteiger partial charge in [-0.2, -0.15) is 0 Å². The first kappa shape index (κ1) is 24.3. The smallest absolute Gasteiger partial charge is 0.416 e. The topological polar surface area (TPSA) is 94.2 Å². The molecule has 2 amide bonds. The van der Waals surface area contributed by atoms with Crippen molar-refractivity contribution < 1.29 is 28.6 Å². The molecule has 1 N–H and O–H groups in total. The molecule has 0 bridgehead atoms. The number of amides is 2. The van der Waals surface area contributed by atoms with Crippen LogP contribution in [-0.2, 0) is 19.0 Å². The summed E-state index contributed by atoms with van der Waals surface area (Å²) in [7, 11) is 1.55. The molecule has 0 aliphatic rings. The van der Waals surface area contributed by atoms with Gasteiger partial charge >= 0.3 is 18.2 Å². The Hall–Kier alpha value is -2.77. The molecule has 8 nitrogen and oxygen atoms in total. The molecule has 1 rings (SSSR count). The Labute approximate surface area is 172 Å². The first-order valence-electron chi connectivity index (χ1n) is 9.34. The molecular weight excluding hydrogens is 376 g/mol. The summed E-state index contributed by atoms with van der Waals surface area (Å²) in [5.74, 6) is -0.728. The van der Waals surface area contributed by atoms with E-state index in [4.69, 9.17) is 14.2 Å². The molecule has 0 spiro atoms. The molecule has 0 aliphatic carbocycles. The van der Waals surface area contributed by atoms with Crippen LogP contribution in [-0.4, -0.2) is 43.6 Å². The summed E-state index contributed by atoms with van der Waals surface area (Å²) in [5.41, 5.74) is 0.365. The van der Waals surface area contributed by atoms with Crippen LogP contribution < -0.4 is 10.2 Å². The second kappa shape index (κ2) is 9.62. The van der Waals surface area contributed by atoms with Gasteiger partial charge in [0.25, 0.3) is 0 Å². The van der Waals surface area contributed by atoms with Gasteiger partial charge in [-0.1, -0.05) is 38.5 Å². The minimum atomic E-state index is -0.981. The van der Waals surface area contributed by atoms with Gasteiger partial charge in [-0.15, -0.1) is 0 Å². The van der Waals surface area contributed by atoms with E-state index in [1.165, 1.54) is 4.90 Å². The minimum absolute atomic E-state index is 0.573. The average molecular weight is 408 g/mol. The molecule has 0 unspecified atom stereocenters. The van der Waals surface area contributed by atoms with Gasteiger partial charge < -0.3 is 19.5 Å². The van der Waals surface area contributed by atoms with Crippen LogP contribution >= 0.6 is 0 Å². The average Bonchev–Trinajstić information content (AvgIpc) is 2.57. The predicted molar refractivity (Wildman–Crippen MR) is 110 cm³/mol. The second-order valence-electron chi connectivity index (χ2n) is 8.83. The number of hydrogen-bond donors (Lipinski definition) is 1. The number of rotatable bonds is 5. The Morgan fingerprint density at radius 3 is 2.03 bits per heavy atom. The Balaban J connectivity index is 2.63. The molecule has 0 saturated heterocycles. The highest BCUT2D eigenvalue weighted by atomic mass is 16.7. The fourth-order valence-electron chi connectivity index (χ4n) is 2.25. The van der Waals surface area contributed by atoms with Crippen LogP contribution in [0.25, 0.3) is 0 Å². The molecule has 1 aromatic rings. The van der Waals surface area contributed by atoms with Crippen LogP contribution in [0.15, 0.2) is 24.3 Å². The van der Waals surface area contributed by atoms with Gasteiger partial charge in [-0.25, -0.2) is 14.4 Å². The zero-order valence-electron chi connectivity index (χ0n) is 18.5. The van der Waals surface area contributed by atoms with Crippen LogP contribution in [0.1, 0.15) is 47.1 Å². The number of aryl methyl sites for hydroxylation is 1. The molecule has 29 heavy (non-hydrogen) atoms. The van der Waals surface area contributed by atoms with Crippen LogP contribution in [0.3, 0.4) is 0 Å². The van der Waals surface area contributed by atoms with Gasteiger partial charge in [-0.05, 0) is 45.2 Å². The van der Waals surface area contributed by atoms with E-state index in [2.05, 4.69) is 5.32 Å². The largest absolute Gasteiger partial charge is 0.444 e. The van der Waals surface area contributed by atoms with Crippen molar-refractivity contribution in [3.63, 3.8) is 0 Å². The highest BCUT2D eigenvalue weighted by Gasteiger charge is 2.35. The molecule has 0 aliphatic heterocycles. The Morgan fingerprint density at radius 2 is 1.55 bits per heavy atom. The van der Waals surface area contributed by atoms with Crippen molar-refractivity contribution >= 4 is 23.8 Å². The zero-order chi connectivity index (χ0) is 22.4. The quantitative estimate of drug-likeness (QED) is 0.584. The van der Waals surface area contributed by atoms with Crippen LogP contribution in [0, 0.1) is 12.3 Å². The highest BCUT2D eigenvalue weighted by molar-refractivity contribution is 5.87. The fraction of sp³-hybridized carbons (Fsp3) is 0.571. The fourth-order valence-corrected chi connectivity index (χ4v) is 2.25. The third-order valence-corrected chi connectivity index (χ3v) is 3.84. The standard InChI is InChI=1S/C21H32N2O6/c1-14-9-11-15(12-10-14)23(8)19(26)28-13-27-17(24)16(20(2,3)4)22-18(25)29-21(5,6)7/h9-12,16H,13H2,1-8H3,(H,22,25)/t16-/m1/s1. The predicted octanol–water partition coefficient (Wildman–Crippen LogP) is 4.01. The van der Waals surface area contributed by atoms with Crippen molar-refractivity contribution in [3.05, 3.63) is 29.8 Å². The summed E-state index contributed by atoms with van der Waals surface area (Å²) in [4.78, 5) is 37.9. The van der Waals surface area contributed by atoms with Crippen LogP contribution in [0.4, 0.5) is 15.3 Å². The summed E-state index contributed by atoms with van der Waals surface area (Å²) in [6.07, 6.45) is -1.40. The SMILES string of the molecule is Cc1ccc(N(C)C(=O)OCOC(=O)[C@@H](NC(=O)OC(C)(C)C)C(C)(C)C)cc1. The summed E-state index contributed by atoms with van der Waals surface area (Å²) in [6.45, 7) is 11.9. The van der Waals surface area contributed by atoms with E-state index < -0.39 is 42.0 Å². The lowest BCUT2D eigenvalue weighted by molar-refractivity contribution is -0.157. The number of anilines is 1. The molecule has 8 heteroatoms. The number of nitrogens with zero attached hydrogens (tertiary/aromatic N) is 1. The van der Waals surface area contributed by atoms with E-state index in [1.807, 2.05) is 19.1 Å². The third kappa shape index (κ3) is 8.41. The molecule has 0 heterocycles. The molecule has 1 atom stereocenters. The first-order valence-corrected chi connectivity index (χ1v) is 9.34. The molecule has 0 saturated carbocycles. The lowest BCUT2D eigenvalue weighted by Crippen LogP contribution is -2.51. The maximum Gasteiger partial charge on any atom is 0.416 e. The summed E-state index contributed by atoms with van der Waals surface area (Å²) < 4.78 is 15.3. The summed E-state index contributed by atoms with van der Waals surface area (Å²) in [6, 6.07) is 6.32. The Bertz CT molecular complexity index is 716. The zero-order valence-corrected chi connectivity index (χ0v) is 18.5. The minimum Gasteiger partial charge on any atom is -0.444 e. The molecular formula is C21H32N2O6. The number of benzene rings is 1. The highest BCUT2D eigenvalue weighted by Crippen LogP contribution is 2.21. The van der Waals surface area contributed by atoms with Crippen LogP contribution in [0.5, 0.6) is 0 Å². The second-order valence-corrected chi connectivity index (χ2v) is 8.83. The van der Waals surface area contributed by atoms with E-state index >= 15 is 0 Å². The van der Waals surface area contributed by atoms with Crippen LogP contribution in [0.2, 0.25) is 0 Å². The Kier molecular flexibility index (Phi) is 8.05. The summed E-state index contributed by atoms with van der Waals surface area (Å²) >= 11 is 0. The number of esters is 1. The van der Waals surface area contributed by atoms with Gasteiger partial charge in [0.15, 0.2) is 0 Å². The molecule has 162 valence electrons. The third-order valence-electron chi connectivity index (χ3n) is 3.84. The van der Waals surface area contributed by atoms with E-state index in [-0.39, 0.29) is 0 Å². The number of carbonyl (C=O) groups is 3. The summed E-state index contributed by atoms with van der Waals surface area (Å²) in [5, 5.41) is 2.52. The first-order chi connectivity index (χ1) is 13.2. The maximum absolute atomic E-state index is 12.5. The number of alkyl carbamates (subject to hydrolysis) is 1. The van der Waals surface area contributed by atoms with E-state index in [1.54, 1.807) is 60.7 Å². The molecule has 0 fully saturated rings. The van der Waals surface area contributed by atoms with Gasteiger partial charge in [0.1, 0.15) is 11.6 Å². The van der Waals surface area contributed by atoms with Crippen molar-refractivity contribution in [3.8, 4) is 0 Å². The van der Waals surface area contributed by atoms with E-state index in [0.717, 1.165) is 5.56 Å². The maximum atomic E-state index is 12.5. The lowest BCUT2D eigenvalue weighted by Gasteiger charge is -2.30. The van der Waals surface area contributed by atoms with Crippen molar-refractivity contribution in [1.82, 2.24) is 5.32 Å². The number of carbonyl (C=O) groups excluding carboxylic acids is 3. The van der Waals surface area contributed by atoms with Crippen molar-refractivity contribution in [2.24, 2.45) is 5.41 Å². The van der Waals surface area contributed by atoms with E-state index in [0.29, 0.717) is 5.69 Å². The molecule has 1 aromatic carbocycles. The molecule has 0 aromatic heterocycles.